The van der Waals surface area contributed by atoms with E-state index >= 15 is 0 Å². The molecule has 7 heteroatoms. The Labute approximate surface area is 103 Å². The van der Waals surface area contributed by atoms with Crippen LogP contribution in [0.25, 0.3) is 0 Å². The van der Waals surface area contributed by atoms with Crippen molar-refractivity contribution >= 4 is 23.4 Å². The van der Waals surface area contributed by atoms with Gasteiger partial charge in [-0.25, -0.2) is 0 Å². The van der Waals surface area contributed by atoms with Crippen LogP contribution in [0.1, 0.15) is 23.3 Å². The van der Waals surface area contributed by atoms with E-state index < -0.39 is 0 Å². The molecule has 6 nitrogen and oxygen atoms in total. The number of carbonyl (C=O) groups excluding carboxylic acids is 2. The van der Waals surface area contributed by atoms with Gasteiger partial charge in [0.2, 0.25) is 0 Å². The number of rotatable bonds is 2. The molecule has 1 aliphatic heterocycles. The van der Waals surface area contributed by atoms with Crippen LogP contribution in [0, 0.1) is 5.92 Å². The van der Waals surface area contributed by atoms with Crippen LogP contribution in [-0.2, 0) is 9.53 Å². The van der Waals surface area contributed by atoms with E-state index in [-0.39, 0.29) is 17.8 Å². The highest BCUT2D eigenvalue weighted by molar-refractivity contribution is 7.03. The maximum Gasteiger partial charge on any atom is 0.310 e. The molecule has 2 rings (SSSR count). The summed E-state index contributed by atoms with van der Waals surface area (Å²) >= 11 is 1.14. The zero-order valence-electron chi connectivity index (χ0n) is 9.46. The monoisotopic (exact) mass is 255 g/mol. The number of carbonyl (C=O) groups is 2. The molecule has 1 unspecified atom stereocenters. The van der Waals surface area contributed by atoms with Crippen molar-refractivity contribution in [2.75, 3.05) is 20.2 Å². The number of amides is 1. The topological polar surface area (TPSA) is 72.4 Å². The number of nitrogens with zero attached hydrogens (tertiary/aromatic N) is 3. The van der Waals surface area contributed by atoms with Crippen LogP contribution in [0.2, 0.25) is 0 Å². The molecule has 1 aromatic heterocycles. The van der Waals surface area contributed by atoms with Gasteiger partial charge in [0, 0.05) is 18.5 Å². The molecular weight excluding hydrogens is 242 g/mol. The second kappa shape index (κ2) is 5.22. The van der Waals surface area contributed by atoms with Crippen molar-refractivity contribution < 1.29 is 14.3 Å². The zero-order valence-corrected chi connectivity index (χ0v) is 10.3. The van der Waals surface area contributed by atoms with E-state index in [2.05, 4.69) is 9.59 Å². The predicted octanol–water partition coefficient (Wildman–Crippen LogP) is 0.563. The predicted molar refractivity (Wildman–Crippen MR) is 60.6 cm³/mol. The minimum Gasteiger partial charge on any atom is -0.469 e. The number of hydrogen-bond acceptors (Lipinski definition) is 6. The number of methoxy groups -OCH3 is 1. The molecule has 0 saturated carbocycles. The van der Waals surface area contributed by atoms with Gasteiger partial charge in [-0.3, -0.25) is 9.59 Å². The molecule has 2 heterocycles. The quantitative estimate of drug-likeness (QED) is 0.722. The van der Waals surface area contributed by atoms with E-state index in [1.54, 1.807) is 10.3 Å². The van der Waals surface area contributed by atoms with E-state index in [0.717, 1.165) is 24.4 Å². The van der Waals surface area contributed by atoms with Crippen molar-refractivity contribution in [2.45, 2.75) is 12.8 Å². The summed E-state index contributed by atoms with van der Waals surface area (Å²) in [5.41, 5.74) is 0.348. The Morgan fingerprint density at radius 2 is 2.41 bits per heavy atom. The molecule has 0 radical (unpaired) electrons. The minimum atomic E-state index is -0.251. The highest BCUT2D eigenvalue weighted by Gasteiger charge is 2.30. The summed E-state index contributed by atoms with van der Waals surface area (Å²) in [6.07, 6.45) is 1.58. The molecule has 92 valence electrons. The van der Waals surface area contributed by atoms with Crippen LogP contribution in [0.15, 0.2) is 5.38 Å². The largest absolute Gasteiger partial charge is 0.469 e. The average molecular weight is 255 g/mol. The van der Waals surface area contributed by atoms with Crippen molar-refractivity contribution in [1.29, 1.82) is 0 Å². The third-order valence-corrected chi connectivity index (χ3v) is 3.33. The number of likely N-dealkylation sites (tertiary alicyclic amines) is 1. The first-order valence-corrected chi connectivity index (χ1v) is 6.20. The number of hydrogen-bond donors (Lipinski definition) is 0. The molecular formula is C10H13N3O3S. The Morgan fingerprint density at radius 3 is 3.06 bits per heavy atom. The molecule has 0 aromatic carbocycles. The lowest BCUT2D eigenvalue weighted by Gasteiger charge is -2.30. The number of piperidine rings is 1. The van der Waals surface area contributed by atoms with Crippen molar-refractivity contribution in [3.8, 4) is 0 Å². The van der Waals surface area contributed by atoms with Gasteiger partial charge in [0.25, 0.3) is 5.91 Å². The summed E-state index contributed by atoms with van der Waals surface area (Å²) in [4.78, 5) is 25.1. The average Bonchev–Trinajstić information content (AvgIpc) is 2.91. The van der Waals surface area contributed by atoms with Crippen LogP contribution in [-0.4, -0.2) is 46.6 Å². The summed E-state index contributed by atoms with van der Waals surface area (Å²) in [5.74, 6) is -0.629. The second-order valence-electron chi connectivity index (χ2n) is 3.90. The number of ether oxygens (including phenoxy) is 1. The van der Waals surface area contributed by atoms with Gasteiger partial charge in [0.05, 0.1) is 13.0 Å². The number of aromatic nitrogens is 2. The molecule has 0 bridgehead atoms. The fourth-order valence-electron chi connectivity index (χ4n) is 1.94. The van der Waals surface area contributed by atoms with Crippen LogP contribution in [0.5, 0.6) is 0 Å². The Bertz CT molecular complexity index is 407. The lowest BCUT2D eigenvalue weighted by molar-refractivity contribution is -0.146. The van der Waals surface area contributed by atoms with Crippen molar-refractivity contribution in [3.63, 3.8) is 0 Å². The Morgan fingerprint density at radius 1 is 1.59 bits per heavy atom. The van der Waals surface area contributed by atoms with Gasteiger partial charge in [0.1, 0.15) is 0 Å². The SMILES string of the molecule is COC(=O)C1CCCN(C(=O)c2csnn2)C1. The molecule has 1 atom stereocenters. The number of esters is 1. The highest BCUT2D eigenvalue weighted by atomic mass is 32.1. The normalized spacial score (nSPS) is 20.1. The summed E-state index contributed by atoms with van der Waals surface area (Å²) in [6, 6.07) is 0. The van der Waals surface area contributed by atoms with Crippen molar-refractivity contribution in [3.05, 3.63) is 11.1 Å². The van der Waals surface area contributed by atoms with Crippen LogP contribution in [0.3, 0.4) is 0 Å². The van der Waals surface area contributed by atoms with Gasteiger partial charge in [-0.2, -0.15) is 0 Å². The zero-order chi connectivity index (χ0) is 12.3. The third-order valence-electron chi connectivity index (χ3n) is 2.82. The standard InChI is InChI=1S/C10H13N3O3S/c1-16-10(15)7-3-2-4-13(5-7)9(14)8-6-17-12-11-8/h6-7H,2-5H2,1H3. The fourth-order valence-corrected chi connectivity index (χ4v) is 2.37. The highest BCUT2D eigenvalue weighted by Crippen LogP contribution is 2.19. The first-order chi connectivity index (χ1) is 8.22. The van der Waals surface area contributed by atoms with Crippen molar-refractivity contribution in [1.82, 2.24) is 14.5 Å². The smallest absolute Gasteiger partial charge is 0.310 e. The van der Waals surface area contributed by atoms with Crippen LogP contribution < -0.4 is 0 Å². The molecule has 1 amide bonds. The summed E-state index contributed by atoms with van der Waals surface area (Å²) in [5, 5.41) is 5.36. The summed E-state index contributed by atoms with van der Waals surface area (Å²) in [7, 11) is 1.37. The van der Waals surface area contributed by atoms with Crippen molar-refractivity contribution in [2.24, 2.45) is 5.92 Å². The molecule has 1 saturated heterocycles. The van der Waals surface area contributed by atoms with Gasteiger partial charge >= 0.3 is 5.97 Å². The molecule has 1 aromatic rings. The summed E-state index contributed by atoms with van der Waals surface area (Å²) in [6.45, 7) is 1.06. The van der Waals surface area contributed by atoms with Gasteiger partial charge in [-0.05, 0) is 24.4 Å². The lowest BCUT2D eigenvalue weighted by Crippen LogP contribution is -2.42. The third kappa shape index (κ3) is 2.60. The Kier molecular flexibility index (Phi) is 3.68. The van der Waals surface area contributed by atoms with Gasteiger partial charge in [-0.15, -0.1) is 5.10 Å². The van der Waals surface area contributed by atoms with Gasteiger partial charge in [0.15, 0.2) is 5.69 Å². The maximum atomic E-state index is 12.0. The minimum absolute atomic E-state index is 0.160. The Hall–Kier alpha value is -1.50. The molecule has 1 aliphatic rings. The molecule has 1 fully saturated rings. The molecule has 17 heavy (non-hydrogen) atoms. The van der Waals surface area contributed by atoms with Gasteiger partial charge < -0.3 is 9.64 Å². The van der Waals surface area contributed by atoms with Crippen LogP contribution >= 0.6 is 11.5 Å². The van der Waals surface area contributed by atoms with Crippen LogP contribution in [0.4, 0.5) is 0 Å². The molecule has 0 aliphatic carbocycles. The second-order valence-corrected chi connectivity index (χ2v) is 4.51. The van der Waals surface area contributed by atoms with E-state index in [9.17, 15) is 9.59 Å². The van der Waals surface area contributed by atoms with Gasteiger partial charge in [-0.1, -0.05) is 4.49 Å². The fraction of sp³-hybridized carbons (Fsp3) is 0.600. The van der Waals surface area contributed by atoms with E-state index in [4.69, 9.17) is 4.74 Å². The maximum absolute atomic E-state index is 12.0. The molecule has 0 N–H and O–H groups in total. The van der Waals surface area contributed by atoms with E-state index in [1.807, 2.05) is 0 Å². The van der Waals surface area contributed by atoms with E-state index in [1.165, 1.54) is 7.11 Å². The summed E-state index contributed by atoms with van der Waals surface area (Å²) < 4.78 is 8.37. The Balaban J connectivity index is 2.02. The first kappa shape index (κ1) is 12.0. The van der Waals surface area contributed by atoms with E-state index in [0.29, 0.717) is 18.8 Å². The first-order valence-electron chi connectivity index (χ1n) is 5.36. The molecule has 0 spiro atoms. The lowest BCUT2D eigenvalue weighted by atomic mass is 9.98.